The number of rotatable bonds is 2. The summed E-state index contributed by atoms with van der Waals surface area (Å²) in [5.41, 5.74) is 1.52. The molecule has 1 fully saturated rings. The van der Waals surface area contributed by atoms with Crippen LogP contribution in [0.5, 0.6) is 0 Å². The van der Waals surface area contributed by atoms with Gasteiger partial charge in [-0.3, -0.25) is 4.79 Å². The lowest BCUT2D eigenvalue weighted by molar-refractivity contribution is 0.112. The SMILES string of the molecule is O=Cc1nc2nc(Cl)cc(N3CCOCC3)c2s1. The van der Waals surface area contributed by atoms with Gasteiger partial charge in [0.2, 0.25) is 0 Å². The molecule has 1 aliphatic rings. The van der Waals surface area contributed by atoms with Crippen LogP contribution in [-0.2, 0) is 4.74 Å². The van der Waals surface area contributed by atoms with Crippen molar-refractivity contribution >= 4 is 45.3 Å². The minimum atomic E-state index is 0.395. The molecule has 0 saturated carbocycles. The highest BCUT2D eigenvalue weighted by Crippen LogP contribution is 2.33. The monoisotopic (exact) mass is 283 g/mol. The smallest absolute Gasteiger partial charge is 0.178 e. The van der Waals surface area contributed by atoms with Crippen LogP contribution in [0.15, 0.2) is 6.07 Å². The van der Waals surface area contributed by atoms with E-state index in [4.69, 9.17) is 16.3 Å². The Hall–Kier alpha value is -1.24. The van der Waals surface area contributed by atoms with Crippen molar-refractivity contribution in [3.63, 3.8) is 0 Å². The number of fused-ring (bicyclic) bond motifs is 1. The minimum Gasteiger partial charge on any atom is -0.378 e. The normalized spacial score (nSPS) is 16.2. The summed E-state index contributed by atoms with van der Waals surface area (Å²) in [5, 5.41) is 0.820. The average Bonchev–Trinajstić information content (AvgIpc) is 2.81. The van der Waals surface area contributed by atoms with Crippen LogP contribution in [0, 0.1) is 0 Å². The Kier molecular flexibility index (Phi) is 3.15. The first-order valence-corrected chi connectivity index (χ1v) is 6.72. The summed E-state index contributed by atoms with van der Waals surface area (Å²) in [7, 11) is 0. The average molecular weight is 284 g/mol. The summed E-state index contributed by atoms with van der Waals surface area (Å²) in [4.78, 5) is 21.3. The number of hydrogen-bond donors (Lipinski definition) is 0. The van der Waals surface area contributed by atoms with E-state index in [1.807, 2.05) is 6.07 Å². The maximum atomic E-state index is 10.8. The predicted octanol–water partition coefficient (Wildman–Crippen LogP) is 1.99. The quantitative estimate of drug-likeness (QED) is 0.623. The fourth-order valence-electron chi connectivity index (χ4n) is 1.97. The third-order valence-corrected chi connectivity index (χ3v) is 3.97. The van der Waals surface area contributed by atoms with Crippen molar-refractivity contribution < 1.29 is 9.53 Å². The van der Waals surface area contributed by atoms with Gasteiger partial charge < -0.3 is 9.64 Å². The second-order valence-electron chi connectivity index (χ2n) is 3.89. The van der Waals surface area contributed by atoms with E-state index in [0.29, 0.717) is 29.0 Å². The topological polar surface area (TPSA) is 55.3 Å². The lowest BCUT2D eigenvalue weighted by Crippen LogP contribution is -2.36. The minimum absolute atomic E-state index is 0.395. The number of pyridine rings is 1. The number of carbonyl (C=O) groups excluding carboxylic acids is 1. The summed E-state index contributed by atoms with van der Waals surface area (Å²) >= 11 is 7.35. The van der Waals surface area contributed by atoms with E-state index in [9.17, 15) is 4.79 Å². The van der Waals surface area contributed by atoms with Crippen molar-refractivity contribution in [3.8, 4) is 0 Å². The van der Waals surface area contributed by atoms with Gasteiger partial charge in [0.1, 0.15) is 5.15 Å². The number of halogens is 1. The van der Waals surface area contributed by atoms with Crippen LogP contribution in [0.25, 0.3) is 10.3 Å². The molecule has 2 aromatic rings. The Labute approximate surface area is 112 Å². The summed E-state index contributed by atoms with van der Waals surface area (Å²) in [6.45, 7) is 3.01. The molecular weight excluding hydrogens is 274 g/mol. The Balaban J connectivity index is 2.13. The van der Waals surface area contributed by atoms with E-state index < -0.39 is 0 Å². The van der Waals surface area contributed by atoms with Gasteiger partial charge in [-0.05, 0) is 0 Å². The molecule has 3 rings (SSSR count). The summed E-state index contributed by atoms with van der Waals surface area (Å²) < 4.78 is 6.24. The lowest BCUT2D eigenvalue weighted by Gasteiger charge is -2.29. The Morgan fingerprint density at radius 3 is 2.89 bits per heavy atom. The van der Waals surface area contributed by atoms with Gasteiger partial charge in [-0.25, -0.2) is 9.97 Å². The highest BCUT2D eigenvalue weighted by Gasteiger charge is 2.18. The first-order chi connectivity index (χ1) is 8.78. The van der Waals surface area contributed by atoms with E-state index in [1.54, 1.807) is 0 Å². The van der Waals surface area contributed by atoms with Crippen molar-refractivity contribution in [1.82, 2.24) is 9.97 Å². The number of aldehydes is 1. The molecule has 0 bridgehead atoms. The maximum absolute atomic E-state index is 10.8. The molecule has 1 saturated heterocycles. The highest BCUT2D eigenvalue weighted by molar-refractivity contribution is 7.20. The van der Waals surface area contributed by atoms with Crippen molar-refractivity contribution in [2.24, 2.45) is 0 Å². The number of hydrogen-bond acceptors (Lipinski definition) is 6. The van der Waals surface area contributed by atoms with Crippen LogP contribution in [0.1, 0.15) is 9.80 Å². The van der Waals surface area contributed by atoms with Gasteiger partial charge >= 0.3 is 0 Å². The van der Waals surface area contributed by atoms with Gasteiger partial charge in [-0.1, -0.05) is 11.6 Å². The molecule has 0 N–H and O–H groups in total. The van der Waals surface area contributed by atoms with Gasteiger partial charge in [0.05, 0.1) is 23.6 Å². The van der Waals surface area contributed by atoms with Crippen molar-refractivity contribution in [3.05, 3.63) is 16.2 Å². The molecule has 0 unspecified atom stereocenters. The molecule has 0 aliphatic carbocycles. The summed E-state index contributed by atoms with van der Waals surface area (Å²) in [6, 6.07) is 1.82. The molecule has 18 heavy (non-hydrogen) atoms. The third-order valence-electron chi connectivity index (χ3n) is 2.78. The molecule has 7 heteroatoms. The molecule has 0 atom stereocenters. The largest absolute Gasteiger partial charge is 0.378 e. The van der Waals surface area contributed by atoms with Crippen molar-refractivity contribution in [2.45, 2.75) is 0 Å². The van der Waals surface area contributed by atoms with Gasteiger partial charge in [0.15, 0.2) is 16.9 Å². The van der Waals surface area contributed by atoms with Gasteiger partial charge in [0, 0.05) is 19.2 Å². The van der Waals surface area contributed by atoms with Crippen LogP contribution in [0.3, 0.4) is 0 Å². The molecule has 3 heterocycles. The fraction of sp³-hybridized carbons (Fsp3) is 0.364. The van der Waals surface area contributed by atoms with E-state index in [0.717, 1.165) is 29.8 Å². The number of aromatic nitrogens is 2. The lowest BCUT2D eigenvalue weighted by atomic mass is 10.3. The molecular formula is C11H10ClN3O2S. The summed E-state index contributed by atoms with van der Waals surface area (Å²) in [6.07, 6.45) is 0.739. The Morgan fingerprint density at radius 2 is 2.17 bits per heavy atom. The third kappa shape index (κ3) is 2.07. The number of carbonyl (C=O) groups is 1. The van der Waals surface area contributed by atoms with Crippen LogP contribution in [0.4, 0.5) is 5.69 Å². The molecule has 94 valence electrons. The molecule has 5 nitrogen and oxygen atoms in total. The number of morpholine rings is 1. The number of nitrogens with zero attached hydrogens (tertiary/aromatic N) is 3. The second-order valence-corrected chi connectivity index (χ2v) is 5.30. The zero-order chi connectivity index (χ0) is 12.5. The van der Waals surface area contributed by atoms with Crippen LogP contribution >= 0.6 is 22.9 Å². The molecule has 1 aliphatic heterocycles. The van der Waals surface area contributed by atoms with E-state index in [-0.39, 0.29) is 0 Å². The zero-order valence-electron chi connectivity index (χ0n) is 9.43. The van der Waals surface area contributed by atoms with Crippen LogP contribution < -0.4 is 4.90 Å². The van der Waals surface area contributed by atoms with Crippen LogP contribution in [-0.4, -0.2) is 42.6 Å². The predicted molar refractivity (Wildman–Crippen MR) is 70.8 cm³/mol. The first kappa shape index (κ1) is 11.8. The summed E-state index contributed by atoms with van der Waals surface area (Å²) in [5.74, 6) is 0. The number of anilines is 1. The first-order valence-electron chi connectivity index (χ1n) is 5.53. The Morgan fingerprint density at radius 1 is 1.39 bits per heavy atom. The second kappa shape index (κ2) is 4.79. The fourth-order valence-corrected chi connectivity index (χ4v) is 3.02. The maximum Gasteiger partial charge on any atom is 0.178 e. The van der Waals surface area contributed by atoms with Crippen LogP contribution in [0.2, 0.25) is 5.15 Å². The number of thiazole rings is 1. The molecule has 2 aromatic heterocycles. The molecule has 0 amide bonds. The van der Waals surface area contributed by atoms with Gasteiger partial charge in [-0.2, -0.15) is 0 Å². The van der Waals surface area contributed by atoms with Gasteiger partial charge in [0.25, 0.3) is 0 Å². The molecule has 0 aromatic carbocycles. The van der Waals surface area contributed by atoms with Crippen molar-refractivity contribution in [1.29, 1.82) is 0 Å². The van der Waals surface area contributed by atoms with Crippen molar-refractivity contribution in [2.75, 3.05) is 31.2 Å². The van der Waals surface area contributed by atoms with Gasteiger partial charge in [-0.15, -0.1) is 11.3 Å². The standard InChI is InChI=1S/C11H10ClN3O2S/c12-8-5-7(15-1-3-17-4-2-15)10-11(13-8)14-9(6-16)18-10/h5-6H,1-4H2. The highest BCUT2D eigenvalue weighted by atomic mass is 35.5. The van der Waals surface area contributed by atoms with E-state index >= 15 is 0 Å². The molecule has 0 radical (unpaired) electrons. The molecule has 0 spiro atoms. The zero-order valence-corrected chi connectivity index (χ0v) is 11.0. The van der Waals surface area contributed by atoms with E-state index in [1.165, 1.54) is 11.3 Å². The number of ether oxygens (including phenoxy) is 1. The van der Waals surface area contributed by atoms with E-state index in [2.05, 4.69) is 14.9 Å². The Bertz CT molecular complexity index is 595.